The third-order valence-corrected chi connectivity index (χ3v) is 1.61. The quantitative estimate of drug-likeness (QED) is 0.407. The van der Waals surface area contributed by atoms with Crippen LogP contribution in [0.15, 0.2) is 24.3 Å². The topological polar surface area (TPSA) is 12.0 Å². The van der Waals surface area contributed by atoms with Crippen LogP contribution in [0.3, 0.4) is 0 Å². The molecule has 0 unspecified atom stereocenters. The average Bonchev–Trinajstić information content (AvgIpc) is 1.95. The Morgan fingerprint density at radius 3 is 2.40 bits per heavy atom. The van der Waals surface area contributed by atoms with Gasteiger partial charge in [0.15, 0.2) is 0 Å². The molecule has 1 rings (SSSR count). The van der Waals surface area contributed by atoms with Gasteiger partial charge in [-0.3, -0.25) is 0 Å². The molecule has 1 aromatic rings. The predicted octanol–water partition coefficient (Wildman–Crippen LogP) is 2.73. The first kappa shape index (κ1) is 7.75. The first-order valence-electron chi connectivity index (χ1n) is 2.65. The first-order valence-corrected chi connectivity index (χ1v) is 4.52. The highest BCUT2D eigenvalue weighted by Crippen LogP contribution is 2.14. The molecule has 0 aliphatic heterocycles. The lowest BCUT2D eigenvalue weighted by Crippen LogP contribution is -1.81. The summed E-state index contributed by atoms with van der Waals surface area (Å²) < 4.78 is 15.1. The molecule has 0 aliphatic carbocycles. The fourth-order valence-electron chi connectivity index (χ4n) is 0.571. The second-order valence-electron chi connectivity index (χ2n) is 1.70. The van der Waals surface area contributed by atoms with Crippen LogP contribution in [0.5, 0.6) is 0 Å². The maximum atomic E-state index is 12.3. The predicted molar refractivity (Wildman–Crippen MR) is 46.6 cm³/mol. The molecule has 1 N–H and O–H groups in total. The van der Waals surface area contributed by atoms with Gasteiger partial charge >= 0.3 is 0 Å². The van der Waals surface area contributed by atoms with Gasteiger partial charge in [0.25, 0.3) is 0 Å². The van der Waals surface area contributed by atoms with Crippen molar-refractivity contribution < 1.29 is 4.39 Å². The lowest BCUT2D eigenvalue weighted by Gasteiger charge is -1.98. The van der Waals surface area contributed by atoms with Crippen molar-refractivity contribution in [3.05, 3.63) is 30.1 Å². The van der Waals surface area contributed by atoms with Crippen molar-refractivity contribution in [3.8, 4) is 0 Å². The molecule has 0 amide bonds. The van der Waals surface area contributed by atoms with Crippen molar-refractivity contribution in [2.75, 3.05) is 4.72 Å². The number of rotatable bonds is 2. The molecule has 0 aliphatic rings. The molecule has 0 saturated heterocycles. The third kappa shape index (κ3) is 2.11. The molecule has 1 nitrogen and oxygen atoms in total. The summed E-state index contributed by atoms with van der Waals surface area (Å²) in [5, 5.41) is 0. The van der Waals surface area contributed by atoms with E-state index in [9.17, 15) is 4.39 Å². The zero-order valence-corrected chi connectivity index (χ0v) is 6.75. The normalized spacial score (nSPS) is 9.40. The maximum Gasteiger partial charge on any atom is 0.123 e. The lowest BCUT2D eigenvalue weighted by molar-refractivity contribution is 0.628. The van der Waals surface area contributed by atoms with E-state index < -0.39 is 0 Å². The summed E-state index contributed by atoms with van der Waals surface area (Å²) in [6.07, 6.45) is 0. The SMILES string of the molecule is Fc1ccc(NSS)cc1. The van der Waals surface area contributed by atoms with Gasteiger partial charge in [-0.15, -0.1) is 0 Å². The highest BCUT2D eigenvalue weighted by molar-refractivity contribution is 8.69. The van der Waals surface area contributed by atoms with Crippen molar-refractivity contribution in [1.82, 2.24) is 0 Å². The van der Waals surface area contributed by atoms with Crippen molar-refractivity contribution in [2.24, 2.45) is 0 Å². The van der Waals surface area contributed by atoms with Crippen LogP contribution in [0.2, 0.25) is 0 Å². The van der Waals surface area contributed by atoms with Crippen LogP contribution in [0.4, 0.5) is 10.1 Å². The summed E-state index contributed by atoms with van der Waals surface area (Å²) in [4.78, 5) is 0. The van der Waals surface area contributed by atoms with E-state index in [0.29, 0.717) is 0 Å². The number of anilines is 1. The molecule has 0 atom stereocenters. The van der Waals surface area contributed by atoms with Crippen LogP contribution in [0.1, 0.15) is 0 Å². The number of nitrogens with one attached hydrogen (secondary N) is 1. The van der Waals surface area contributed by atoms with E-state index >= 15 is 0 Å². The Balaban J connectivity index is 2.69. The van der Waals surface area contributed by atoms with E-state index in [2.05, 4.69) is 16.4 Å². The van der Waals surface area contributed by atoms with E-state index in [0.717, 1.165) is 5.69 Å². The fraction of sp³-hybridized carbons (Fsp3) is 0. The molecular weight excluding hydrogens is 169 g/mol. The van der Waals surface area contributed by atoms with Gasteiger partial charge in [0.2, 0.25) is 0 Å². The molecular formula is C6H6FNS2. The van der Waals surface area contributed by atoms with Crippen LogP contribution in [-0.4, -0.2) is 0 Å². The third-order valence-electron chi connectivity index (χ3n) is 1.01. The molecule has 0 aromatic heterocycles. The Labute approximate surface area is 68.0 Å². The standard InChI is InChI=1S/C6H6FNS2/c7-5-1-3-6(4-2-5)8-10-9/h1-4,8-9H. The molecule has 10 heavy (non-hydrogen) atoms. The van der Waals surface area contributed by atoms with Gasteiger partial charge < -0.3 is 4.72 Å². The highest BCUT2D eigenvalue weighted by atomic mass is 33.1. The fourth-order valence-corrected chi connectivity index (χ4v) is 1.13. The number of thiol groups is 1. The molecule has 0 heterocycles. The zero-order chi connectivity index (χ0) is 7.40. The molecule has 0 bridgehead atoms. The Bertz CT molecular complexity index is 199. The molecule has 0 spiro atoms. The Hall–Kier alpha value is -0.350. The van der Waals surface area contributed by atoms with Crippen LogP contribution in [-0.2, 0) is 0 Å². The molecule has 54 valence electrons. The summed E-state index contributed by atoms with van der Waals surface area (Å²) in [5.74, 6) is -0.227. The average molecular weight is 175 g/mol. The van der Waals surface area contributed by atoms with E-state index in [1.807, 2.05) is 0 Å². The largest absolute Gasteiger partial charge is 0.321 e. The van der Waals surface area contributed by atoms with E-state index in [1.165, 1.54) is 23.1 Å². The van der Waals surface area contributed by atoms with Crippen LogP contribution < -0.4 is 4.72 Å². The Morgan fingerprint density at radius 2 is 1.90 bits per heavy atom. The Morgan fingerprint density at radius 1 is 1.30 bits per heavy atom. The molecule has 0 radical (unpaired) electrons. The van der Waals surface area contributed by atoms with Gasteiger partial charge in [0.05, 0.1) is 0 Å². The number of hydrogen-bond acceptors (Lipinski definition) is 3. The monoisotopic (exact) mass is 175 g/mol. The van der Waals surface area contributed by atoms with Crippen LogP contribution in [0, 0.1) is 5.82 Å². The zero-order valence-electron chi connectivity index (χ0n) is 5.04. The number of hydrogen-bond donors (Lipinski definition) is 2. The van der Waals surface area contributed by atoms with Crippen molar-refractivity contribution in [2.45, 2.75) is 0 Å². The van der Waals surface area contributed by atoms with E-state index in [4.69, 9.17) is 0 Å². The van der Waals surface area contributed by atoms with Gasteiger partial charge in [-0.2, -0.15) is 0 Å². The van der Waals surface area contributed by atoms with Crippen molar-refractivity contribution in [3.63, 3.8) is 0 Å². The molecule has 1 aromatic carbocycles. The second kappa shape index (κ2) is 3.73. The van der Waals surface area contributed by atoms with Gasteiger partial charge in [-0.05, 0) is 24.3 Å². The highest BCUT2D eigenvalue weighted by Gasteiger charge is 1.89. The maximum absolute atomic E-state index is 12.3. The molecule has 4 heteroatoms. The van der Waals surface area contributed by atoms with Crippen LogP contribution in [0.25, 0.3) is 0 Å². The summed E-state index contributed by atoms with van der Waals surface area (Å²) >= 11 is 3.87. The minimum absolute atomic E-state index is 0.227. The summed E-state index contributed by atoms with van der Waals surface area (Å²) in [6.45, 7) is 0. The number of benzene rings is 1. The van der Waals surface area contributed by atoms with Gasteiger partial charge in [0, 0.05) is 16.7 Å². The first-order chi connectivity index (χ1) is 4.83. The lowest BCUT2D eigenvalue weighted by atomic mass is 10.3. The van der Waals surface area contributed by atoms with Gasteiger partial charge in [0.1, 0.15) is 5.82 Å². The second-order valence-corrected chi connectivity index (χ2v) is 2.63. The van der Waals surface area contributed by atoms with E-state index in [1.54, 1.807) is 12.1 Å². The van der Waals surface area contributed by atoms with E-state index in [-0.39, 0.29) is 5.82 Å². The van der Waals surface area contributed by atoms with Gasteiger partial charge in [-0.25, -0.2) is 4.39 Å². The summed E-state index contributed by atoms with van der Waals surface area (Å²) in [6, 6.07) is 6.09. The van der Waals surface area contributed by atoms with Crippen molar-refractivity contribution >= 4 is 28.3 Å². The summed E-state index contributed by atoms with van der Waals surface area (Å²) in [5.41, 5.74) is 0.849. The minimum atomic E-state index is -0.227. The van der Waals surface area contributed by atoms with Crippen LogP contribution >= 0.6 is 22.6 Å². The smallest absolute Gasteiger partial charge is 0.123 e. The van der Waals surface area contributed by atoms with Gasteiger partial charge in [-0.1, -0.05) is 11.7 Å². The summed E-state index contributed by atoms with van der Waals surface area (Å²) in [7, 11) is 1.18. The molecule has 0 fully saturated rings. The van der Waals surface area contributed by atoms with Crippen molar-refractivity contribution in [1.29, 1.82) is 0 Å². The number of halogens is 1. The Kier molecular flexibility index (Phi) is 2.89. The molecule has 0 saturated carbocycles. The minimum Gasteiger partial charge on any atom is -0.321 e.